The number of benzene rings is 18. The predicted octanol–water partition coefficient (Wildman–Crippen LogP) is 34.8. The molecule has 0 atom stereocenters. The van der Waals surface area contributed by atoms with Crippen molar-refractivity contribution in [3.63, 3.8) is 0 Å². The average molecular weight is 1650 g/mol. The third kappa shape index (κ3) is 10.8. The molecule has 0 amide bonds. The molecule has 7 heterocycles. The van der Waals surface area contributed by atoms with Gasteiger partial charge in [0.05, 0.1) is 22.4 Å². The lowest BCUT2D eigenvalue weighted by Gasteiger charge is -2.25. The van der Waals surface area contributed by atoms with Crippen molar-refractivity contribution in [3.05, 3.63) is 404 Å². The van der Waals surface area contributed by atoms with Crippen LogP contribution < -0.4 is 14.7 Å². The van der Waals surface area contributed by atoms with E-state index in [0.717, 1.165) is 128 Å². The average Bonchev–Trinajstić information content (AvgIpc) is 1.55. The summed E-state index contributed by atoms with van der Waals surface area (Å²) in [6.45, 7) is 9.32. The Hall–Kier alpha value is -14.8. The maximum absolute atomic E-state index is 6.92. The van der Waals surface area contributed by atoms with E-state index >= 15 is 0 Å². The number of rotatable bonds is 9. The molecule has 2 aliphatic carbocycles. The number of para-hydroxylation sites is 9. The second-order valence-corrected chi connectivity index (χ2v) is 36.6. The van der Waals surface area contributed by atoms with E-state index in [1.165, 1.54) is 116 Å². The minimum absolute atomic E-state index is 0.0127. The summed E-state index contributed by atoms with van der Waals surface area (Å²) in [5.41, 5.74) is 27.4. The van der Waals surface area contributed by atoms with Crippen LogP contribution in [0.25, 0.3) is 171 Å². The van der Waals surface area contributed by atoms with Gasteiger partial charge >= 0.3 is 0 Å². The van der Waals surface area contributed by atoms with Crippen LogP contribution in [-0.4, -0.2) is 0 Å². The van der Waals surface area contributed by atoms with Gasteiger partial charge in [0, 0.05) is 154 Å². The summed E-state index contributed by atoms with van der Waals surface area (Å²) in [4.78, 5) is 6.83. The van der Waals surface area contributed by atoms with E-state index in [-0.39, 0.29) is 10.8 Å². The van der Waals surface area contributed by atoms with E-state index in [1.54, 1.807) is 0 Å². The largest absolute Gasteiger partial charge is 0.455 e. The van der Waals surface area contributed by atoms with E-state index in [1.807, 2.05) is 46.1 Å². The quantitative estimate of drug-likeness (QED) is 0.143. The SMILES string of the molecule is CC1(C)c2ccccc2-c2c1ccc1c2oc2c1ccc1oc3c(N(c4ccccc4)c4ccccc4)cccc3c12.CC1(C)c2ccccc2-c2c1ccc1c2sc2c1ccc1oc3c(N(c4ccccc4)c4ccccc4)cccc3c12.c1ccc(N(c2ccccc2)c2cccc3c2oc2ccc4c5ccc6sc7ccccc7c6c5sc4c23)cc1. The van der Waals surface area contributed by atoms with Crippen molar-refractivity contribution in [2.24, 2.45) is 0 Å². The Morgan fingerprint density at radius 3 is 1.00 bits per heavy atom. The highest BCUT2D eigenvalue weighted by atomic mass is 32.1. The highest BCUT2D eigenvalue weighted by Gasteiger charge is 2.40. The van der Waals surface area contributed by atoms with Crippen LogP contribution in [0.4, 0.5) is 51.2 Å². The second kappa shape index (κ2) is 27.9. The van der Waals surface area contributed by atoms with Crippen molar-refractivity contribution in [3.8, 4) is 22.3 Å². The first-order chi connectivity index (χ1) is 61.1. The predicted molar refractivity (Wildman–Crippen MR) is 526 cm³/mol. The van der Waals surface area contributed by atoms with E-state index in [0.29, 0.717) is 0 Å². The summed E-state index contributed by atoms with van der Waals surface area (Å²) in [5, 5.41) is 16.9. The Kier molecular flexibility index (Phi) is 16.2. The maximum atomic E-state index is 6.92. The summed E-state index contributed by atoms with van der Waals surface area (Å²) >= 11 is 5.69. The molecule has 0 saturated carbocycles. The van der Waals surface area contributed by atoms with Gasteiger partial charge in [-0.25, -0.2) is 0 Å². The zero-order valence-electron chi connectivity index (χ0n) is 68.1. The Morgan fingerprint density at radius 1 is 0.202 bits per heavy atom. The van der Waals surface area contributed by atoms with Gasteiger partial charge in [-0.15, -0.1) is 34.0 Å². The number of fused-ring (bicyclic) bond motifs is 33. The van der Waals surface area contributed by atoms with Crippen LogP contribution >= 0.6 is 34.0 Å². The van der Waals surface area contributed by atoms with Crippen LogP contribution in [0, 0.1) is 0 Å². The van der Waals surface area contributed by atoms with Crippen LogP contribution in [0.5, 0.6) is 0 Å². The Balaban J connectivity index is 0.000000102. The zero-order valence-corrected chi connectivity index (χ0v) is 70.5. The molecule has 0 N–H and O–H groups in total. The monoisotopic (exact) mass is 1650 g/mol. The maximum Gasteiger partial charge on any atom is 0.159 e. The van der Waals surface area contributed by atoms with Gasteiger partial charge in [-0.05, 0) is 173 Å². The fourth-order valence-corrected chi connectivity index (χ4v) is 24.3. The number of anilines is 9. The lowest BCUT2D eigenvalue weighted by Crippen LogP contribution is -2.14. The molecule has 27 rings (SSSR count). The number of furan rings is 4. The normalized spacial score (nSPS) is 13.1. The van der Waals surface area contributed by atoms with E-state index < -0.39 is 0 Å². The van der Waals surface area contributed by atoms with E-state index in [4.69, 9.17) is 17.7 Å². The molecule has 2 aliphatic rings. The Bertz CT molecular complexity index is 8180. The molecule has 588 valence electrons. The molecular formula is C114H75N3O4S3. The molecule has 25 aromatic rings. The first kappa shape index (κ1) is 72.1. The van der Waals surface area contributed by atoms with Crippen molar-refractivity contribution in [1.82, 2.24) is 0 Å². The van der Waals surface area contributed by atoms with Crippen LogP contribution in [0.2, 0.25) is 0 Å². The second-order valence-electron chi connectivity index (χ2n) is 33.5. The molecule has 0 aliphatic heterocycles. The summed E-state index contributed by atoms with van der Waals surface area (Å²) < 4.78 is 35.1. The molecule has 0 spiro atoms. The van der Waals surface area contributed by atoms with E-state index in [2.05, 4.69) is 412 Å². The molecule has 0 fully saturated rings. The molecule has 18 aromatic carbocycles. The lowest BCUT2D eigenvalue weighted by molar-refractivity contribution is 0.653. The van der Waals surface area contributed by atoms with Crippen molar-refractivity contribution in [1.29, 1.82) is 0 Å². The van der Waals surface area contributed by atoms with Crippen LogP contribution in [-0.2, 0) is 10.8 Å². The fourth-order valence-electron chi connectivity index (χ4n) is 20.3. The van der Waals surface area contributed by atoms with Crippen molar-refractivity contribution in [2.45, 2.75) is 38.5 Å². The molecule has 7 aromatic heterocycles. The Labute approximate surface area is 725 Å². The number of hydrogen-bond donors (Lipinski definition) is 0. The van der Waals surface area contributed by atoms with Crippen molar-refractivity contribution in [2.75, 3.05) is 14.7 Å². The van der Waals surface area contributed by atoms with Crippen LogP contribution in [0.3, 0.4) is 0 Å². The van der Waals surface area contributed by atoms with Gasteiger partial charge in [0.2, 0.25) is 0 Å². The molecule has 0 bridgehead atoms. The molecular weight excluding hydrogens is 1570 g/mol. The minimum Gasteiger partial charge on any atom is -0.455 e. The number of nitrogens with zero attached hydrogens (tertiary/aromatic N) is 3. The number of thiophene rings is 3. The van der Waals surface area contributed by atoms with Gasteiger partial charge in [0.1, 0.15) is 27.9 Å². The van der Waals surface area contributed by atoms with Crippen LogP contribution in [0.15, 0.2) is 400 Å². The summed E-state index contributed by atoms with van der Waals surface area (Å²) in [6, 6.07) is 136. The van der Waals surface area contributed by atoms with Gasteiger partial charge in [-0.3, -0.25) is 0 Å². The summed E-state index contributed by atoms with van der Waals surface area (Å²) in [7, 11) is 0. The first-order valence-corrected chi connectivity index (χ1v) is 44.7. The smallest absolute Gasteiger partial charge is 0.159 e. The highest BCUT2D eigenvalue weighted by molar-refractivity contribution is 7.30. The molecule has 0 unspecified atom stereocenters. The van der Waals surface area contributed by atoms with Gasteiger partial charge in [0.15, 0.2) is 16.7 Å². The standard InChI is InChI=1S/C39H27NO2.C39H27NOS.C36H21NOS2/c2*1-39(2)30-18-10-9-16-28(30)34-31(39)22-20-26-27-21-23-33-35(38(27)42-37(26)34)29-17-11-19-32(36(29)41-33)40(24-12-5-3-6-13-24)25-14-7-4-8-15-25;1-3-10-22(11-4-1)37(23-12-5-2-6-13-23)28-16-9-15-27-32-29(38-34(27)28)20-18-24-25-19-21-31-33(36(25)40-35(24)32)26-14-7-8-17-30(26)39-31/h2*3-23H,1-2H3;1-21H. The first-order valence-electron chi connectivity index (χ1n) is 42.3. The lowest BCUT2D eigenvalue weighted by atomic mass is 9.82. The minimum atomic E-state index is -0.0794. The zero-order chi connectivity index (χ0) is 82.2. The topological polar surface area (TPSA) is 62.3 Å². The molecule has 7 nitrogen and oxygen atoms in total. The summed E-state index contributed by atoms with van der Waals surface area (Å²) in [5.74, 6) is 0. The van der Waals surface area contributed by atoms with Gasteiger partial charge < -0.3 is 32.4 Å². The Morgan fingerprint density at radius 2 is 0.532 bits per heavy atom. The van der Waals surface area contributed by atoms with Gasteiger partial charge in [-0.2, -0.15) is 0 Å². The third-order valence-electron chi connectivity index (χ3n) is 26.0. The summed E-state index contributed by atoms with van der Waals surface area (Å²) in [6.07, 6.45) is 0. The molecule has 0 radical (unpaired) electrons. The van der Waals surface area contributed by atoms with Gasteiger partial charge in [-0.1, -0.05) is 270 Å². The molecule has 10 heteroatoms. The van der Waals surface area contributed by atoms with Crippen molar-refractivity contribution < 1.29 is 17.7 Å². The number of hydrogen-bond acceptors (Lipinski definition) is 10. The van der Waals surface area contributed by atoms with Crippen molar-refractivity contribution >= 4 is 233 Å². The molecule has 124 heavy (non-hydrogen) atoms. The third-order valence-corrected chi connectivity index (χ3v) is 29.6. The van der Waals surface area contributed by atoms with Gasteiger partial charge in [0.25, 0.3) is 0 Å². The molecule has 0 saturated heterocycles. The highest BCUT2D eigenvalue weighted by Crippen LogP contribution is 2.59. The van der Waals surface area contributed by atoms with E-state index in [9.17, 15) is 0 Å². The fraction of sp³-hybridized carbons (Fsp3) is 0.0526. The van der Waals surface area contributed by atoms with Crippen LogP contribution in [0.1, 0.15) is 49.9 Å².